The number of aliphatic hydroxyl groups excluding tert-OH is 1. The van der Waals surface area contributed by atoms with Crippen molar-refractivity contribution in [3.63, 3.8) is 0 Å². The summed E-state index contributed by atoms with van der Waals surface area (Å²) in [7, 11) is 0. The highest BCUT2D eigenvalue weighted by atomic mass is 19.3. The van der Waals surface area contributed by atoms with Crippen molar-refractivity contribution in [2.24, 2.45) is 0 Å². The Labute approximate surface area is 233 Å². The van der Waals surface area contributed by atoms with Crippen LogP contribution in [0.2, 0.25) is 0 Å². The summed E-state index contributed by atoms with van der Waals surface area (Å²) >= 11 is 0. The number of halogens is 2. The molecule has 7 nitrogen and oxygen atoms in total. The fraction of sp³-hybridized carbons (Fsp3) is 0.387. The van der Waals surface area contributed by atoms with Crippen LogP contribution in [-0.2, 0) is 43.6 Å². The molecular weight excluding hydrogens is 520 g/mol. The van der Waals surface area contributed by atoms with E-state index in [0.717, 1.165) is 16.7 Å². The van der Waals surface area contributed by atoms with E-state index in [2.05, 4.69) is 5.32 Å². The van der Waals surface area contributed by atoms with E-state index in [9.17, 15) is 9.90 Å². The summed E-state index contributed by atoms with van der Waals surface area (Å²) in [6.45, 7) is 0.163. The Morgan fingerprint density at radius 1 is 0.825 bits per heavy atom. The molecule has 0 saturated carbocycles. The zero-order valence-electron chi connectivity index (χ0n) is 22.3. The molecule has 5 atom stereocenters. The minimum atomic E-state index is -3.68. The predicted molar refractivity (Wildman–Crippen MR) is 144 cm³/mol. The standard InChI is InChI=1S/C31H35F2NO6/c1-22(36)34-27-29(39-19-25-15-9-4-10-16-25)28(38-18-24-13-7-3-8-14-24)26(40-30(27)31(32,33)21-35)20-37-17-23-11-5-2-6-12-23/h2-16,26-30,35H,17-21H2,1H3,(H,34,36)/t26-,27-,28+,29-,30+/m1/s1. The number of amides is 1. The number of nitrogens with one attached hydrogen (secondary N) is 1. The van der Waals surface area contributed by atoms with E-state index in [1.165, 1.54) is 6.92 Å². The number of benzene rings is 3. The highest BCUT2D eigenvalue weighted by Crippen LogP contribution is 2.35. The lowest BCUT2D eigenvalue weighted by molar-refractivity contribution is -0.278. The van der Waals surface area contributed by atoms with Gasteiger partial charge in [0.25, 0.3) is 5.92 Å². The predicted octanol–water partition coefficient (Wildman–Crippen LogP) is 4.27. The van der Waals surface area contributed by atoms with Gasteiger partial charge in [-0.1, -0.05) is 91.0 Å². The first-order chi connectivity index (χ1) is 19.4. The summed E-state index contributed by atoms with van der Waals surface area (Å²) in [5, 5.41) is 12.2. The third-order valence-electron chi connectivity index (χ3n) is 6.65. The molecule has 0 spiro atoms. The quantitative estimate of drug-likeness (QED) is 0.328. The Hall–Kier alpha value is -3.21. The molecule has 40 heavy (non-hydrogen) atoms. The normalized spacial score (nSPS) is 23.1. The van der Waals surface area contributed by atoms with E-state index in [1.807, 2.05) is 91.0 Å². The van der Waals surface area contributed by atoms with Crippen molar-refractivity contribution in [3.05, 3.63) is 108 Å². The largest absolute Gasteiger partial charge is 0.390 e. The second kappa shape index (κ2) is 14.4. The number of alkyl halides is 2. The molecule has 4 rings (SSSR count). The Morgan fingerprint density at radius 2 is 1.30 bits per heavy atom. The van der Waals surface area contributed by atoms with Crippen LogP contribution in [0.3, 0.4) is 0 Å². The summed E-state index contributed by atoms with van der Waals surface area (Å²) in [5.74, 6) is -4.22. The average molecular weight is 556 g/mol. The van der Waals surface area contributed by atoms with Crippen molar-refractivity contribution < 1.29 is 37.6 Å². The van der Waals surface area contributed by atoms with Crippen LogP contribution >= 0.6 is 0 Å². The van der Waals surface area contributed by atoms with Crippen LogP contribution in [0.5, 0.6) is 0 Å². The fourth-order valence-electron chi connectivity index (χ4n) is 4.72. The van der Waals surface area contributed by atoms with Crippen molar-refractivity contribution in [2.45, 2.75) is 63.1 Å². The van der Waals surface area contributed by atoms with E-state index in [0.29, 0.717) is 0 Å². The molecule has 1 fully saturated rings. The number of rotatable bonds is 13. The minimum Gasteiger partial charge on any atom is -0.390 e. The van der Waals surface area contributed by atoms with E-state index < -0.39 is 48.9 Å². The van der Waals surface area contributed by atoms with Crippen LogP contribution in [0, 0.1) is 0 Å². The summed E-state index contributed by atoms with van der Waals surface area (Å²) < 4.78 is 54.7. The summed E-state index contributed by atoms with van der Waals surface area (Å²) in [4.78, 5) is 12.2. The molecular formula is C31H35F2NO6. The Morgan fingerprint density at radius 3 is 1.77 bits per heavy atom. The van der Waals surface area contributed by atoms with Gasteiger partial charge in [-0.2, -0.15) is 0 Å². The zero-order valence-corrected chi connectivity index (χ0v) is 22.3. The molecule has 3 aromatic carbocycles. The van der Waals surface area contributed by atoms with Gasteiger partial charge < -0.3 is 29.4 Å². The van der Waals surface area contributed by atoms with Crippen LogP contribution in [0.25, 0.3) is 0 Å². The lowest BCUT2D eigenvalue weighted by Crippen LogP contribution is -2.69. The number of aliphatic hydroxyl groups is 1. The second-order valence-electron chi connectivity index (χ2n) is 9.76. The van der Waals surface area contributed by atoms with Crippen molar-refractivity contribution in [3.8, 4) is 0 Å². The van der Waals surface area contributed by atoms with E-state index in [-0.39, 0.29) is 26.4 Å². The summed E-state index contributed by atoms with van der Waals surface area (Å²) in [5.41, 5.74) is 2.59. The van der Waals surface area contributed by atoms with Gasteiger partial charge in [0, 0.05) is 6.92 Å². The molecule has 1 saturated heterocycles. The summed E-state index contributed by atoms with van der Waals surface area (Å²) in [6, 6.07) is 26.8. The smallest absolute Gasteiger partial charge is 0.298 e. The van der Waals surface area contributed by atoms with Gasteiger partial charge in [-0.15, -0.1) is 0 Å². The Kier molecular flexibility index (Phi) is 10.7. The lowest BCUT2D eigenvalue weighted by atomic mass is 9.89. The van der Waals surface area contributed by atoms with Gasteiger partial charge in [-0.3, -0.25) is 4.79 Å². The van der Waals surface area contributed by atoms with Gasteiger partial charge in [0.2, 0.25) is 5.91 Å². The fourth-order valence-corrected chi connectivity index (χ4v) is 4.72. The van der Waals surface area contributed by atoms with Crippen LogP contribution < -0.4 is 5.32 Å². The van der Waals surface area contributed by atoms with Gasteiger partial charge in [0.05, 0.1) is 32.5 Å². The van der Waals surface area contributed by atoms with Gasteiger partial charge in [0.1, 0.15) is 31.0 Å². The first kappa shape index (κ1) is 29.8. The molecule has 0 aliphatic carbocycles. The van der Waals surface area contributed by atoms with Gasteiger partial charge >= 0.3 is 0 Å². The molecule has 0 aromatic heterocycles. The molecule has 3 aromatic rings. The third kappa shape index (κ3) is 8.16. The molecule has 214 valence electrons. The molecule has 0 radical (unpaired) electrons. The van der Waals surface area contributed by atoms with E-state index >= 15 is 8.78 Å². The second-order valence-corrected chi connectivity index (χ2v) is 9.76. The SMILES string of the molecule is CC(=O)N[C@@H]1[C@@H](OCc2ccccc2)[C@@H](OCc2ccccc2)[C@@H](COCc2ccccc2)O[C@@H]1C(F)(F)CO. The van der Waals surface area contributed by atoms with Crippen LogP contribution in [-0.4, -0.2) is 60.6 Å². The maximum absolute atomic E-state index is 15.2. The molecule has 1 amide bonds. The molecule has 1 aliphatic heterocycles. The van der Waals surface area contributed by atoms with Gasteiger partial charge in [0.15, 0.2) is 0 Å². The first-order valence-corrected chi connectivity index (χ1v) is 13.2. The lowest BCUT2D eigenvalue weighted by Gasteiger charge is -2.48. The minimum absolute atomic E-state index is 0.0790. The number of hydrogen-bond acceptors (Lipinski definition) is 6. The van der Waals surface area contributed by atoms with E-state index in [4.69, 9.17) is 18.9 Å². The monoisotopic (exact) mass is 555 g/mol. The molecule has 0 unspecified atom stereocenters. The van der Waals surface area contributed by atoms with Crippen molar-refractivity contribution in [1.29, 1.82) is 0 Å². The highest BCUT2D eigenvalue weighted by molar-refractivity contribution is 5.73. The van der Waals surface area contributed by atoms with Crippen molar-refractivity contribution >= 4 is 5.91 Å². The van der Waals surface area contributed by atoms with Crippen LogP contribution in [0.1, 0.15) is 23.6 Å². The zero-order chi connectivity index (χ0) is 28.4. The average Bonchev–Trinajstić information content (AvgIpc) is 2.97. The highest BCUT2D eigenvalue weighted by Gasteiger charge is 2.56. The third-order valence-corrected chi connectivity index (χ3v) is 6.65. The van der Waals surface area contributed by atoms with Gasteiger partial charge in [-0.05, 0) is 16.7 Å². The molecule has 2 N–H and O–H groups in total. The first-order valence-electron chi connectivity index (χ1n) is 13.2. The molecule has 1 aliphatic rings. The molecule has 1 heterocycles. The van der Waals surface area contributed by atoms with E-state index in [1.54, 1.807) is 0 Å². The van der Waals surface area contributed by atoms with Crippen molar-refractivity contribution in [2.75, 3.05) is 13.2 Å². The Balaban J connectivity index is 1.64. The van der Waals surface area contributed by atoms with Crippen LogP contribution in [0.15, 0.2) is 91.0 Å². The topological polar surface area (TPSA) is 86.3 Å². The number of carbonyl (C=O) groups excluding carboxylic acids is 1. The number of carbonyl (C=O) groups is 1. The molecule has 0 bridgehead atoms. The van der Waals surface area contributed by atoms with Crippen molar-refractivity contribution in [1.82, 2.24) is 5.32 Å². The summed E-state index contributed by atoms with van der Waals surface area (Å²) in [6.07, 6.45) is -4.80. The number of hydrogen-bond donors (Lipinski definition) is 2. The maximum atomic E-state index is 15.2. The van der Waals surface area contributed by atoms with Crippen LogP contribution in [0.4, 0.5) is 8.78 Å². The number of ether oxygens (including phenoxy) is 4. The maximum Gasteiger partial charge on any atom is 0.298 e. The Bertz CT molecular complexity index is 1170. The van der Waals surface area contributed by atoms with Gasteiger partial charge in [-0.25, -0.2) is 8.78 Å². The molecule has 9 heteroatoms.